The third-order valence-corrected chi connectivity index (χ3v) is 5.47. The van der Waals surface area contributed by atoms with Crippen LogP contribution in [0.3, 0.4) is 0 Å². The Kier molecular flexibility index (Phi) is 7.14. The molecule has 33 heavy (non-hydrogen) atoms. The van der Waals surface area contributed by atoms with Crippen LogP contribution in [0.2, 0.25) is 5.02 Å². The number of nitrogens with zero attached hydrogens (tertiary/aromatic N) is 3. The van der Waals surface area contributed by atoms with Crippen LogP contribution in [0, 0.1) is 0 Å². The molecule has 0 bridgehead atoms. The van der Waals surface area contributed by atoms with E-state index in [-0.39, 0.29) is 22.1 Å². The summed E-state index contributed by atoms with van der Waals surface area (Å²) in [6.45, 7) is 7.22. The molecule has 0 amide bonds. The van der Waals surface area contributed by atoms with Gasteiger partial charge in [0.15, 0.2) is 17.6 Å². The predicted octanol–water partition coefficient (Wildman–Crippen LogP) is 4.85. The highest BCUT2D eigenvalue weighted by Gasteiger charge is 2.23. The van der Waals surface area contributed by atoms with Gasteiger partial charge in [-0.15, -0.1) is 0 Å². The molecule has 3 rings (SSSR count). The van der Waals surface area contributed by atoms with Gasteiger partial charge >= 0.3 is 5.97 Å². The average molecular weight is 537 g/mol. The van der Waals surface area contributed by atoms with Crippen LogP contribution in [0.25, 0.3) is 10.9 Å². The number of hydrogen-bond donors (Lipinski definition) is 1. The molecule has 1 N–H and O–H groups in total. The van der Waals surface area contributed by atoms with Crippen LogP contribution in [0.15, 0.2) is 44.7 Å². The number of aliphatic carboxylic acids is 1. The van der Waals surface area contributed by atoms with Gasteiger partial charge in [0.2, 0.25) is 0 Å². The minimum Gasteiger partial charge on any atom is -0.493 e. The molecule has 0 radical (unpaired) electrons. The van der Waals surface area contributed by atoms with E-state index in [1.807, 2.05) is 26.8 Å². The second-order valence-electron chi connectivity index (χ2n) is 8.34. The van der Waals surface area contributed by atoms with Gasteiger partial charge in [-0.1, -0.05) is 48.3 Å². The van der Waals surface area contributed by atoms with Crippen LogP contribution in [0.4, 0.5) is 0 Å². The maximum absolute atomic E-state index is 13.3. The Labute approximate surface area is 203 Å². The number of benzene rings is 2. The number of halogens is 2. The van der Waals surface area contributed by atoms with Crippen molar-refractivity contribution in [1.82, 2.24) is 9.66 Å². The number of methoxy groups -OCH3 is 1. The monoisotopic (exact) mass is 535 g/mol. The van der Waals surface area contributed by atoms with Crippen molar-refractivity contribution in [3.63, 3.8) is 0 Å². The van der Waals surface area contributed by atoms with Crippen molar-refractivity contribution in [3.05, 3.63) is 61.6 Å². The summed E-state index contributed by atoms with van der Waals surface area (Å²) in [6.07, 6.45) is 0.341. The molecule has 0 aliphatic carbocycles. The van der Waals surface area contributed by atoms with Gasteiger partial charge in [-0.2, -0.15) is 9.78 Å². The topological polar surface area (TPSA) is 103 Å². The quantitative estimate of drug-likeness (QED) is 0.452. The van der Waals surface area contributed by atoms with Crippen molar-refractivity contribution in [3.8, 4) is 11.5 Å². The smallest absolute Gasteiger partial charge is 0.344 e. The molecule has 2 aromatic carbocycles. The number of carbonyl (C=O) groups is 1. The van der Waals surface area contributed by atoms with E-state index in [1.54, 1.807) is 24.3 Å². The van der Waals surface area contributed by atoms with Gasteiger partial charge in [0.25, 0.3) is 5.56 Å². The third-order valence-electron chi connectivity index (χ3n) is 4.70. The molecule has 0 saturated heterocycles. The molecule has 174 valence electrons. The lowest BCUT2D eigenvalue weighted by molar-refractivity contribution is -0.144. The predicted molar refractivity (Wildman–Crippen MR) is 131 cm³/mol. The summed E-state index contributed by atoms with van der Waals surface area (Å²) in [5.41, 5.74) is 0.333. The lowest BCUT2D eigenvalue weighted by Gasteiger charge is -2.21. The van der Waals surface area contributed by atoms with E-state index in [9.17, 15) is 9.59 Å². The number of rotatable bonds is 6. The van der Waals surface area contributed by atoms with Crippen molar-refractivity contribution >= 4 is 50.6 Å². The second kappa shape index (κ2) is 9.52. The summed E-state index contributed by atoms with van der Waals surface area (Å²) in [5.74, 6) is -0.299. The van der Waals surface area contributed by atoms with E-state index in [4.69, 9.17) is 26.2 Å². The zero-order valence-electron chi connectivity index (χ0n) is 18.7. The molecular formula is C23H23BrClN3O5. The third kappa shape index (κ3) is 5.36. The molecule has 0 aliphatic rings. The van der Waals surface area contributed by atoms with Crippen LogP contribution < -0.4 is 15.0 Å². The Hall–Kier alpha value is -2.91. The molecule has 1 heterocycles. The molecule has 1 aromatic heterocycles. The normalized spacial score (nSPS) is 12.8. The average Bonchev–Trinajstić information content (AvgIpc) is 2.73. The van der Waals surface area contributed by atoms with Gasteiger partial charge in [0.05, 0.1) is 29.2 Å². The van der Waals surface area contributed by atoms with E-state index >= 15 is 0 Å². The first-order valence-corrected chi connectivity index (χ1v) is 11.1. The largest absolute Gasteiger partial charge is 0.493 e. The summed E-state index contributed by atoms with van der Waals surface area (Å²) >= 11 is 9.72. The van der Waals surface area contributed by atoms with Crippen molar-refractivity contribution in [2.24, 2.45) is 5.10 Å². The lowest BCUT2D eigenvalue weighted by Crippen LogP contribution is -2.29. The highest BCUT2D eigenvalue weighted by Crippen LogP contribution is 2.37. The Balaban J connectivity index is 2.12. The van der Waals surface area contributed by atoms with E-state index in [1.165, 1.54) is 24.9 Å². The SMILES string of the molecule is COc1cc(C=Nn2c(C(C)(C)C)nc3ccc(Br)cc3c2=O)cc(Cl)c1O[C@H](C)C(=O)O. The lowest BCUT2D eigenvalue weighted by atomic mass is 9.95. The highest BCUT2D eigenvalue weighted by molar-refractivity contribution is 9.10. The maximum Gasteiger partial charge on any atom is 0.344 e. The molecule has 1 atom stereocenters. The van der Waals surface area contributed by atoms with Crippen molar-refractivity contribution in [2.75, 3.05) is 7.11 Å². The van der Waals surface area contributed by atoms with Crippen LogP contribution in [-0.2, 0) is 10.2 Å². The minimum atomic E-state index is -1.14. The van der Waals surface area contributed by atoms with Crippen LogP contribution in [0.5, 0.6) is 11.5 Å². The molecule has 0 unspecified atom stereocenters. The van der Waals surface area contributed by atoms with Crippen LogP contribution in [0.1, 0.15) is 39.1 Å². The van der Waals surface area contributed by atoms with E-state index in [2.05, 4.69) is 26.0 Å². The van der Waals surface area contributed by atoms with Crippen molar-refractivity contribution < 1.29 is 19.4 Å². The number of fused-ring (bicyclic) bond motifs is 1. The standard InChI is InChI=1S/C23H23BrClN3O5/c1-12(21(30)31)33-19-16(25)8-13(9-18(19)32-5)11-26-28-20(29)15-10-14(24)6-7-17(15)27-22(28)23(2,3)4/h6-12H,1-5H3,(H,30,31)/t12-/m1/s1. The second-order valence-corrected chi connectivity index (χ2v) is 9.66. The Morgan fingerprint density at radius 1 is 1.30 bits per heavy atom. The molecule has 8 nitrogen and oxygen atoms in total. The summed E-state index contributed by atoms with van der Waals surface area (Å²) in [5, 5.41) is 14.1. The molecule has 0 saturated carbocycles. The zero-order chi connectivity index (χ0) is 24.5. The summed E-state index contributed by atoms with van der Waals surface area (Å²) in [7, 11) is 1.41. The number of carboxylic acid groups (broad SMARTS) is 1. The summed E-state index contributed by atoms with van der Waals surface area (Å²) < 4.78 is 12.8. The molecule has 0 aliphatic heterocycles. The van der Waals surface area contributed by atoms with Crippen molar-refractivity contribution in [2.45, 2.75) is 39.2 Å². The van der Waals surface area contributed by atoms with E-state index in [0.29, 0.717) is 22.3 Å². The van der Waals surface area contributed by atoms with Crippen LogP contribution >= 0.6 is 27.5 Å². The number of hydrogen-bond acceptors (Lipinski definition) is 6. The maximum atomic E-state index is 13.3. The first-order chi connectivity index (χ1) is 15.4. The van der Waals surface area contributed by atoms with E-state index in [0.717, 1.165) is 4.47 Å². The van der Waals surface area contributed by atoms with Gasteiger partial charge in [-0.25, -0.2) is 9.78 Å². The van der Waals surface area contributed by atoms with Gasteiger partial charge in [-0.3, -0.25) is 4.79 Å². The molecule has 3 aromatic rings. The Bertz CT molecular complexity index is 1310. The molecular weight excluding hydrogens is 514 g/mol. The van der Waals surface area contributed by atoms with Crippen molar-refractivity contribution in [1.29, 1.82) is 0 Å². The summed E-state index contributed by atoms with van der Waals surface area (Å²) in [4.78, 5) is 29.1. The Morgan fingerprint density at radius 3 is 2.61 bits per heavy atom. The van der Waals surface area contributed by atoms with Crippen LogP contribution in [-0.4, -0.2) is 40.2 Å². The molecule has 10 heteroatoms. The van der Waals surface area contributed by atoms with Gasteiger partial charge in [0, 0.05) is 9.89 Å². The first-order valence-electron chi connectivity index (χ1n) is 9.96. The summed E-state index contributed by atoms with van der Waals surface area (Å²) in [6, 6.07) is 8.46. The number of aromatic nitrogens is 2. The number of carboxylic acids is 1. The van der Waals surface area contributed by atoms with Gasteiger partial charge in [-0.05, 0) is 42.8 Å². The zero-order valence-corrected chi connectivity index (χ0v) is 21.1. The van der Waals surface area contributed by atoms with Gasteiger partial charge < -0.3 is 14.6 Å². The van der Waals surface area contributed by atoms with E-state index < -0.39 is 17.5 Å². The molecule has 0 spiro atoms. The first kappa shape index (κ1) is 24.7. The van der Waals surface area contributed by atoms with Gasteiger partial charge in [0.1, 0.15) is 5.82 Å². The highest BCUT2D eigenvalue weighted by atomic mass is 79.9. The Morgan fingerprint density at radius 2 is 2.00 bits per heavy atom. The fourth-order valence-electron chi connectivity index (χ4n) is 3.02. The minimum absolute atomic E-state index is 0.107. The molecule has 0 fully saturated rings. The fourth-order valence-corrected chi connectivity index (χ4v) is 3.65. The fraction of sp³-hybridized carbons (Fsp3) is 0.304. The number of ether oxygens (including phenoxy) is 2.